The lowest BCUT2D eigenvalue weighted by atomic mass is 10.0. The van der Waals surface area contributed by atoms with E-state index in [0.29, 0.717) is 19.8 Å². The molecule has 162 valence electrons. The molecule has 31 heavy (non-hydrogen) atoms. The predicted molar refractivity (Wildman–Crippen MR) is 123 cm³/mol. The number of aryl methyl sites for hydroxylation is 1. The van der Waals surface area contributed by atoms with Crippen LogP contribution in [0.15, 0.2) is 60.7 Å². The zero-order chi connectivity index (χ0) is 22.0. The van der Waals surface area contributed by atoms with E-state index in [4.69, 9.17) is 14.2 Å². The van der Waals surface area contributed by atoms with Crippen LogP contribution in [-0.4, -0.2) is 30.9 Å². The van der Waals surface area contributed by atoms with Gasteiger partial charge in [0.15, 0.2) is 0 Å². The quantitative estimate of drug-likeness (QED) is 0.469. The Labute approximate surface area is 183 Å². The molecule has 4 rings (SSSR count). The highest BCUT2D eigenvalue weighted by molar-refractivity contribution is 5.99. The summed E-state index contributed by atoms with van der Waals surface area (Å²) < 4.78 is 17.4. The van der Waals surface area contributed by atoms with Crippen LogP contribution in [0.3, 0.4) is 0 Å². The van der Waals surface area contributed by atoms with Gasteiger partial charge in [-0.05, 0) is 44.2 Å². The molecule has 0 unspecified atom stereocenters. The zero-order valence-electron chi connectivity index (χ0n) is 18.6. The van der Waals surface area contributed by atoms with Crippen molar-refractivity contribution in [2.75, 3.05) is 18.1 Å². The molecule has 1 heterocycles. The number of epoxide rings is 1. The summed E-state index contributed by atoms with van der Waals surface area (Å²) in [4.78, 5) is 14.8. The van der Waals surface area contributed by atoms with E-state index in [1.807, 2.05) is 82.3 Å². The van der Waals surface area contributed by atoms with Gasteiger partial charge in [-0.15, -0.1) is 0 Å². The summed E-state index contributed by atoms with van der Waals surface area (Å²) in [6, 6.07) is 20.1. The van der Waals surface area contributed by atoms with Crippen molar-refractivity contribution in [1.29, 1.82) is 0 Å². The fraction of sp³-hybridized carbons (Fsp3) is 0.346. The molecule has 1 saturated heterocycles. The van der Waals surface area contributed by atoms with Gasteiger partial charge in [0.1, 0.15) is 18.0 Å². The van der Waals surface area contributed by atoms with Gasteiger partial charge in [0.2, 0.25) is 0 Å². The first-order chi connectivity index (χ1) is 14.8. The minimum absolute atomic E-state index is 0.0343. The third kappa shape index (κ3) is 5.17. The molecule has 5 heteroatoms. The molecular formula is C26H29NO4. The van der Waals surface area contributed by atoms with Gasteiger partial charge in [0, 0.05) is 11.5 Å². The summed E-state index contributed by atoms with van der Waals surface area (Å²) in [5.41, 5.74) is 2.29. The summed E-state index contributed by atoms with van der Waals surface area (Å²) in [6.07, 6.45) is -0.345. The minimum atomic E-state index is -0.586. The van der Waals surface area contributed by atoms with Crippen molar-refractivity contribution in [3.05, 3.63) is 71.8 Å². The van der Waals surface area contributed by atoms with Gasteiger partial charge < -0.3 is 14.2 Å². The number of hydrogen-bond donors (Lipinski definition) is 0. The van der Waals surface area contributed by atoms with E-state index in [9.17, 15) is 4.79 Å². The Bertz CT molecular complexity index is 1070. The molecule has 0 spiro atoms. The first-order valence-electron chi connectivity index (χ1n) is 10.6. The molecule has 1 amide bonds. The van der Waals surface area contributed by atoms with Crippen molar-refractivity contribution in [2.24, 2.45) is 0 Å². The molecule has 5 nitrogen and oxygen atoms in total. The first-order valence-corrected chi connectivity index (χ1v) is 10.6. The van der Waals surface area contributed by atoms with Gasteiger partial charge >= 0.3 is 6.09 Å². The third-order valence-corrected chi connectivity index (χ3v) is 5.18. The molecule has 0 saturated carbocycles. The number of amides is 1. The number of anilines is 1. The SMILES string of the molecule is Cc1c(N(C[C@H]2CO2)C(=O)OC(C)(C)C)cc(OCc2ccccc2)c2ccccc12. The minimum Gasteiger partial charge on any atom is -0.488 e. The Balaban J connectivity index is 1.74. The van der Waals surface area contributed by atoms with Gasteiger partial charge in [0.25, 0.3) is 0 Å². The lowest BCUT2D eigenvalue weighted by molar-refractivity contribution is 0.0577. The molecule has 1 atom stereocenters. The highest BCUT2D eigenvalue weighted by Crippen LogP contribution is 2.37. The van der Waals surface area contributed by atoms with Crippen LogP contribution in [0, 0.1) is 6.92 Å². The van der Waals surface area contributed by atoms with Crippen molar-refractivity contribution in [3.8, 4) is 5.75 Å². The van der Waals surface area contributed by atoms with E-state index < -0.39 is 5.60 Å². The van der Waals surface area contributed by atoms with Crippen LogP contribution in [0.2, 0.25) is 0 Å². The van der Waals surface area contributed by atoms with Crippen molar-refractivity contribution < 1.29 is 19.0 Å². The number of rotatable bonds is 6. The van der Waals surface area contributed by atoms with E-state index in [-0.39, 0.29) is 12.2 Å². The Morgan fingerprint density at radius 2 is 1.71 bits per heavy atom. The smallest absolute Gasteiger partial charge is 0.414 e. The molecule has 3 aromatic carbocycles. The van der Waals surface area contributed by atoms with Gasteiger partial charge in [-0.3, -0.25) is 4.90 Å². The van der Waals surface area contributed by atoms with E-state index in [1.54, 1.807) is 4.90 Å². The zero-order valence-corrected chi connectivity index (χ0v) is 18.6. The summed E-state index contributed by atoms with van der Waals surface area (Å²) in [5, 5.41) is 2.07. The highest BCUT2D eigenvalue weighted by Gasteiger charge is 2.33. The van der Waals surface area contributed by atoms with E-state index in [2.05, 4.69) is 6.07 Å². The summed E-state index contributed by atoms with van der Waals surface area (Å²) in [7, 11) is 0. The summed E-state index contributed by atoms with van der Waals surface area (Å²) in [5.74, 6) is 0.741. The molecule has 0 bridgehead atoms. The molecule has 1 fully saturated rings. The second kappa shape index (κ2) is 8.60. The standard InChI is InChI=1S/C26H29NO4/c1-18-21-12-8-9-13-22(21)24(30-16-19-10-6-5-7-11-19)14-23(18)27(15-20-17-29-20)25(28)31-26(2,3)4/h5-14,20H,15-17H2,1-4H3/t20-/m0/s1. The average Bonchev–Trinajstić information content (AvgIpc) is 3.56. The van der Waals surface area contributed by atoms with Gasteiger partial charge in [-0.25, -0.2) is 4.79 Å². The fourth-order valence-electron chi connectivity index (χ4n) is 3.57. The Kier molecular flexibility index (Phi) is 5.88. The van der Waals surface area contributed by atoms with Crippen LogP contribution >= 0.6 is 0 Å². The number of fused-ring (bicyclic) bond motifs is 1. The maximum atomic E-state index is 13.1. The predicted octanol–water partition coefficient (Wildman–Crippen LogP) is 5.87. The van der Waals surface area contributed by atoms with Crippen LogP contribution in [0.4, 0.5) is 10.5 Å². The van der Waals surface area contributed by atoms with Crippen LogP contribution in [0.25, 0.3) is 10.8 Å². The lowest BCUT2D eigenvalue weighted by Gasteiger charge is -2.29. The van der Waals surface area contributed by atoms with E-state index >= 15 is 0 Å². The van der Waals surface area contributed by atoms with Crippen molar-refractivity contribution in [2.45, 2.75) is 46.0 Å². The molecule has 0 aliphatic carbocycles. The molecule has 3 aromatic rings. The molecule has 0 aromatic heterocycles. The Morgan fingerprint density at radius 3 is 2.35 bits per heavy atom. The maximum Gasteiger partial charge on any atom is 0.414 e. The number of carbonyl (C=O) groups is 1. The molecule has 1 aliphatic heterocycles. The van der Waals surface area contributed by atoms with E-state index in [1.165, 1.54) is 0 Å². The topological polar surface area (TPSA) is 51.3 Å². The number of benzene rings is 3. The molecule has 0 N–H and O–H groups in total. The molecular weight excluding hydrogens is 390 g/mol. The van der Waals surface area contributed by atoms with Gasteiger partial charge in [-0.1, -0.05) is 54.6 Å². The molecule has 1 aliphatic rings. The van der Waals surface area contributed by atoms with E-state index in [0.717, 1.165) is 33.3 Å². The summed E-state index contributed by atoms with van der Waals surface area (Å²) >= 11 is 0. The number of nitrogens with zero attached hydrogens (tertiary/aromatic N) is 1. The second-order valence-electron chi connectivity index (χ2n) is 8.88. The first kappa shape index (κ1) is 21.2. The average molecular weight is 420 g/mol. The fourth-order valence-corrected chi connectivity index (χ4v) is 3.57. The largest absolute Gasteiger partial charge is 0.488 e. The Morgan fingerprint density at radius 1 is 1.06 bits per heavy atom. The highest BCUT2D eigenvalue weighted by atomic mass is 16.6. The third-order valence-electron chi connectivity index (χ3n) is 5.18. The van der Waals surface area contributed by atoms with Crippen molar-refractivity contribution in [1.82, 2.24) is 0 Å². The number of carbonyl (C=O) groups excluding carboxylic acids is 1. The van der Waals surface area contributed by atoms with Gasteiger partial charge in [0.05, 0.1) is 24.9 Å². The van der Waals surface area contributed by atoms with Crippen LogP contribution in [0.1, 0.15) is 31.9 Å². The number of ether oxygens (including phenoxy) is 3. The summed E-state index contributed by atoms with van der Waals surface area (Å²) in [6.45, 7) is 9.21. The van der Waals surface area contributed by atoms with Gasteiger partial charge in [-0.2, -0.15) is 0 Å². The monoisotopic (exact) mass is 419 g/mol. The van der Waals surface area contributed by atoms with Crippen LogP contribution in [0.5, 0.6) is 5.75 Å². The second-order valence-corrected chi connectivity index (χ2v) is 8.88. The lowest BCUT2D eigenvalue weighted by Crippen LogP contribution is -2.39. The Hall–Kier alpha value is -3.05. The number of hydrogen-bond acceptors (Lipinski definition) is 4. The maximum absolute atomic E-state index is 13.1. The van der Waals surface area contributed by atoms with Crippen LogP contribution in [-0.2, 0) is 16.1 Å². The van der Waals surface area contributed by atoms with Crippen molar-refractivity contribution in [3.63, 3.8) is 0 Å². The molecule has 0 radical (unpaired) electrons. The van der Waals surface area contributed by atoms with Crippen molar-refractivity contribution >= 4 is 22.6 Å². The van der Waals surface area contributed by atoms with Crippen LogP contribution < -0.4 is 9.64 Å². The normalized spacial score (nSPS) is 15.5.